The van der Waals surface area contributed by atoms with E-state index in [2.05, 4.69) is 20.9 Å². The Bertz CT molecular complexity index is 703. The zero-order valence-corrected chi connectivity index (χ0v) is 18.7. The molecule has 7 nitrogen and oxygen atoms in total. The van der Waals surface area contributed by atoms with E-state index in [1.165, 1.54) is 0 Å². The van der Waals surface area contributed by atoms with Crippen molar-refractivity contribution < 1.29 is 13.9 Å². The molecular weight excluding hydrogens is 471 g/mol. The molecule has 0 fully saturated rings. The third-order valence-electron chi connectivity index (χ3n) is 3.79. The largest absolute Gasteiger partial charge is 0.467 e. The van der Waals surface area contributed by atoms with Crippen LogP contribution in [0, 0.1) is 0 Å². The minimum Gasteiger partial charge on any atom is -0.467 e. The van der Waals surface area contributed by atoms with Gasteiger partial charge in [0.2, 0.25) is 0 Å². The predicted molar refractivity (Wildman–Crippen MR) is 121 cm³/mol. The predicted octanol–water partition coefficient (Wildman–Crippen LogP) is 2.92. The molecule has 0 bridgehead atoms. The normalized spacial score (nSPS) is 10.9. The molecular formula is C20H29IN4O3. The second-order valence-electron chi connectivity index (χ2n) is 5.88. The van der Waals surface area contributed by atoms with Crippen molar-refractivity contribution in [2.75, 3.05) is 26.7 Å². The van der Waals surface area contributed by atoms with Crippen LogP contribution in [0.3, 0.4) is 0 Å². The summed E-state index contributed by atoms with van der Waals surface area (Å²) in [5.41, 5.74) is 1.69. The fourth-order valence-corrected chi connectivity index (χ4v) is 2.37. The summed E-state index contributed by atoms with van der Waals surface area (Å²) in [5, 5.41) is 9.13. The maximum Gasteiger partial charge on any atom is 0.251 e. The number of ether oxygens (including phenoxy) is 1. The van der Waals surface area contributed by atoms with Crippen LogP contribution in [-0.4, -0.2) is 38.6 Å². The third-order valence-corrected chi connectivity index (χ3v) is 3.79. The van der Waals surface area contributed by atoms with Crippen LogP contribution < -0.4 is 16.0 Å². The van der Waals surface area contributed by atoms with Crippen molar-refractivity contribution in [3.05, 3.63) is 59.5 Å². The maximum absolute atomic E-state index is 11.6. The SMILES string of the molecule is CCNC(=NCc1ccc(C(=O)NC)cc1)NCCCOCc1ccco1.I. The van der Waals surface area contributed by atoms with E-state index in [0.717, 1.165) is 36.8 Å². The number of aliphatic imine (C=N–C) groups is 1. The maximum atomic E-state index is 11.6. The molecule has 0 spiro atoms. The summed E-state index contributed by atoms with van der Waals surface area (Å²) in [6, 6.07) is 11.2. The zero-order valence-electron chi connectivity index (χ0n) is 16.4. The smallest absolute Gasteiger partial charge is 0.251 e. The summed E-state index contributed by atoms with van der Waals surface area (Å²) < 4.78 is 10.8. The highest BCUT2D eigenvalue weighted by atomic mass is 127. The van der Waals surface area contributed by atoms with Gasteiger partial charge in [-0.05, 0) is 43.2 Å². The number of rotatable bonds is 10. The second-order valence-corrected chi connectivity index (χ2v) is 5.88. The van der Waals surface area contributed by atoms with Crippen LogP contribution in [0.1, 0.15) is 35.0 Å². The Morgan fingerprint density at radius 1 is 1.18 bits per heavy atom. The van der Waals surface area contributed by atoms with Crippen molar-refractivity contribution in [2.45, 2.75) is 26.5 Å². The van der Waals surface area contributed by atoms with Gasteiger partial charge in [0.15, 0.2) is 5.96 Å². The van der Waals surface area contributed by atoms with E-state index >= 15 is 0 Å². The van der Waals surface area contributed by atoms with E-state index in [0.29, 0.717) is 25.3 Å². The number of guanidine groups is 1. The topological polar surface area (TPSA) is 87.9 Å². The number of hydrogen-bond donors (Lipinski definition) is 3. The van der Waals surface area contributed by atoms with Gasteiger partial charge in [-0.25, -0.2) is 4.99 Å². The molecule has 1 heterocycles. The highest BCUT2D eigenvalue weighted by Crippen LogP contribution is 2.06. The average Bonchev–Trinajstić information content (AvgIpc) is 3.22. The fraction of sp³-hybridized carbons (Fsp3) is 0.400. The molecule has 28 heavy (non-hydrogen) atoms. The summed E-state index contributed by atoms with van der Waals surface area (Å²) >= 11 is 0. The minimum absolute atomic E-state index is 0. The molecule has 1 amide bonds. The number of nitrogens with zero attached hydrogens (tertiary/aromatic N) is 1. The van der Waals surface area contributed by atoms with Gasteiger partial charge in [-0.2, -0.15) is 0 Å². The quantitative estimate of drug-likeness (QED) is 0.202. The Kier molecular flexibility index (Phi) is 12.0. The number of furan rings is 1. The van der Waals surface area contributed by atoms with Gasteiger partial charge in [0, 0.05) is 32.3 Å². The highest BCUT2D eigenvalue weighted by Gasteiger charge is 2.03. The first-order chi connectivity index (χ1) is 13.2. The number of hydrogen-bond acceptors (Lipinski definition) is 4. The van der Waals surface area contributed by atoms with E-state index in [1.54, 1.807) is 25.4 Å². The number of carbonyl (C=O) groups is 1. The number of amides is 1. The van der Waals surface area contributed by atoms with Gasteiger partial charge in [-0.15, -0.1) is 24.0 Å². The Hall–Kier alpha value is -2.07. The molecule has 2 rings (SSSR count). The Morgan fingerprint density at radius 3 is 2.61 bits per heavy atom. The average molecular weight is 500 g/mol. The van der Waals surface area contributed by atoms with E-state index in [9.17, 15) is 4.79 Å². The molecule has 0 aliphatic heterocycles. The molecule has 3 N–H and O–H groups in total. The van der Waals surface area contributed by atoms with Crippen LogP contribution in [0.2, 0.25) is 0 Å². The molecule has 0 radical (unpaired) electrons. The summed E-state index contributed by atoms with van der Waals surface area (Å²) in [6.45, 7) is 5.26. The van der Waals surface area contributed by atoms with Gasteiger partial charge in [0.1, 0.15) is 12.4 Å². The number of benzene rings is 1. The van der Waals surface area contributed by atoms with Gasteiger partial charge in [0.05, 0.1) is 12.8 Å². The molecule has 0 aliphatic rings. The Morgan fingerprint density at radius 2 is 1.96 bits per heavy atom. The lowest BCUT2D eigenvalue weighted by Crippen LogP contribution is -2.38. The van der Waals surface area contributed by atoms with E-state index in [1.807, 2.05) is 31.2 Å². The zero-order chi connectivity index (χ0) is 19.3. The van der Waals surface area contributed by atoms with Crippen LogP contribution in [-0.2, 0) is 17.9 Å². The lowest BCUT2D eigenvalue weighted by Gasteiger charge is -2.11. The van der Waals surface area contributed by atoms with Gasteiger partial charge in [-0.1, -0.05) is 12.1 Å². The molecule has 154 valence electrons. The summed E-state index contributed by atoms with van der Waals surface area (Å²) in [7, 11) is 1.62. The molecule has 0 saturated carbocycles. The van der Waals surface area contributed by atoms with Gasteiger partial charge in [-0.3, -0.25) is 4.79 Å². The number of carbonyl (C=O) groups excluding carboxylic acids is 1. The lowest BCUT2D eigenvalue weighted by molar-refractivity contribution is 0.0963. The number of halogens is 1. The van der Waals surface area contributed by atoms with Gasteiger partial charge >= 0.3 is 0 Å². The summed E-state index contributed by atoms with van der Waals surface area (Å²) in [4.78, 5) is 16.1. The first-order valence-corrected chi connectivity index (χ1v) is 9.16. The lowest BCUT2D eigenvalue weighted by atomic mass is 10.1. The summed E-state index contributed by atoms with van der Waals surface area (Å²) in [6.07, 6.45) is 2.51. The van der Waals surface area contributed by atoms with Crippen molar-refractivity contribution >= 4 is 35.8 Å². The molecule has 0 atom stereocenters. The van der Waals surface area contributed by atoms with Gasteiger partial charge in [0.25, 0.3) is 5.91 Å². The number of nitrogens with one attached hydrogen (secondary N) is 3. The van der Waals surface area contributed by atoms with Crippen LogP contribution >= 0.6 is 24.0 Å². The molecule has 0 aliphatic carbocycles. The van der Waals surface area contributed by atoms with Crippen molar-refractivity contribution in [2.24, 2.45) is 4.99 Å². The van der Waals surface area contributed by atoms with Crippen LogP contribution in [0.4, 0.5) is 0 Å². The minimum atomic E-state index is -0.0886. The summed E-state index contributed by atoms with van der Waals surface area (Å²) in [5.74, 6) is 1.51. The Balaban J connectivity index is 0.00000392. The van der Waals surface area contributed by atoms with Crippen molar-refractivity contribution in [3.63, 3.8) is 0 Å². The molecule has 1 aromatic heterocycles. The van der Waals surface area contributed by atoms with Crippen molar-refractivity contribution in [3.8, 4) is 0 Å². The van der Waals surface area contributed by atoms with E-state index in [4.69, 9.17) is 9.15 Å². The molecule has 8 heteroatoms. The molecule has 1 aromatic carbocycles. The van der Waals surface area contributed by atoms with Crippen LogP contribution in [0.15, 0.2) is 52.1 Å². The van der Waals surface area contributed by atoms with Crippen molar-refractivity contribution in [1.82, 2.24) is 16.0 Å². The molecule has 0 unspecified atom stereocenters. The third kappa shape index (κ3) is 8.75. The first-order valence-electron chi connectivity index (χ1n) is 9.16. The van der Waals surface area contributed by atoms with Crippen LogP contribution in [0.5, 0.6) is 0 Å². The monoisotopic (exact) mass is 500 g/mol. The fourth-order valence-electron chi connectivity index (χ4n) is 2.37. The standard InChI is InChI=1S/C20H28N4O3.HI/c1-3-22-20(23-11-5-12-26-15-18-6-4-13-27-18)24-14-16-7-9-17(10-8-16)19(25)21-2;/h4,6-10,13H,3,5,11-12,14-15H2,1-2H3,(H,21,25)(H2,22,23,24);1H. The molecule has 0 saturated heterocycles. The molecule has 2 aromatic rings. The van der Waals surface area contributed by atoms with E-state index in [-0.39, 0.29) is 29.9 Å². The second kappa shape index (κ2) is 14.0. The Labute approximate surface area is 183 Å². The van der Waals surface area contributed by atoms with E-state index < -0.39 is 0 Å². The van der Waals surface area contributed by atoms with Crippen LogP contribution in [0.25, 0.3) is 0 Å². The first kappa shape index (κ1) is 24.0. The van der Waals surface area contributed by atoms with Crippen molar-refractivity contribution in [1.29, 1.82) is 0 Å². The highest BCUT2D eigenvalue weighted by molar-refractivity contribution is 14.0. The van der Waals surface area contributed by atoms with Gasteiger partial charge < -0.3 is 25.1 Å².